The van der Waals surface area contributed by atoms with E-state index in [1.807, 2.05) is 0 Å². The van der Waals surface area contributed by atoms with E-state index >= 15 is 0 Å². The molecule has 4 rings (SSSR count). The number of ether oxygens (including phenoxy) is 2. The van der Waals surface area contributed by atoms with Crippen LogP contribution in [0, 0.1) is 29.1 Å². The van der Waals surface area contributed by atoms with Crippen LogP contribution in [0.5, 0.6) is 11.5 Å². The van der Waals surface area contributed by atoms with Crippen LogP contribution in [0.4, 0.5) is 30.7 Å². The zero-order valence-electron chi connectivity index (χ0n) is 17.4. The molecule has 0 radical (unpaired) electrons. The second-order valence-electron chi connectivity index (χ2n) is 7.21. The van der Waals surface area contributed by atoms with E-state index in [1.165, 1.54) is 12.1 Å². The molecule has 176 valence electrons. The SMILES string of the molecule is CCOc1ccc(-c2cc(F)c(-c3ccc4c(F)c(OC(F)F)c(F)cc4c3)c(F)c2)c(F)c1. The van der Waals surface area contributed by atoms with Crippen LogP contribution in [-0.2, 0) is 0 Å². The Bertz CT molecular complexity index is 1360. The van der Waals surface area contributed by atoms with Crippen molar-refractivity contribution in [2.24, 2.45) is 0 Å². The summed E-state index contributed by atoms with van der Waals surface area (Å²) in [7, 11) is 0. The van der Waals surface area contributed by atoms with Crippen molar-refractivity contribution in [3.8, 4) is 33.8 Å². The first-order chi connectivity index (χ1) is 16.2. The Morgan fingerprint density at radius 2 is 1.44 bits per heavy atom. The van der Waals surface area contributed by atoms with Crippen molar-refractivity contribution < 1.29 is 40.2 Å². The Morgan fingerprint density at radius 3 is 2.06 bits per heavy atom. The minimum atomic E-state index is -3.44. The lowest BCUT2D eigenvalue weighted by atomic mass is 9.96. The van der Waals surface area contributed by atoms with Crippen LogP contribution in [0.1, 0.15) is 6.92 Å². The predicted octanol–water partition coefficient (Wildman–Crippen LogP) is 7.87. The number of rotatable bonds is 6. The zero-order chi connectivity index (χ0) is 24.6. The van der Waals surface area contributed by atoms with Crippen molar-refractivity contribution in [3.05, 3.63) is 83.7 Å². The average Bonchev–Trinajstić information content (AvgIpc) is 2.76. The van der Waals surface area contributed by atoms with E-state index in [-0.39, 0.29) is 33.2 Å². The third-order valence-electron chi connectivity index (χ3n) is 5.09. The number of halogens is 7. The lowest BCUT2D eigenvalue weighted by molar-refractivity contribution is -0.0544. The second kappa shape index (κ2) is 9.24. The van der Waals surface area contributed by atoms with E-state index in [9.17, 15) is 30.7 Å². The lowest BCUT2D eigenvalue weighted by Gasteiger charge is -2.13. The van der Waals surface area contributed by atoms with Gasteiger partial charge in [0, 0.05) is 17.0 Å². The minimum Gasteiger partial charge on any atom is -0.494 e. The van der Waals surface area contributed by atoms with Gasteiger partial charge in [0.1, 0.15) is 23.2 Å². The molecule has 4 aromatic rings. The second-order valence-corrected chi connectivity index (χ2v) is 7.21. The molecule has 0 aromatic heterocycles. The number of hydrogen-bond acceptors (Lipinski definition) is 2. The smallest absolute Gasteiger partial charge is 0.387 e. The van der Waals surface area contributed by atoms with Gasteiger partial charge in [-0.15, -0.1) is 0 Å². The molecule has 0 saturated carbocycles. The van der Waals surface area contributed by atoms with Gasteiger partial charge in [-0.3, -0.25) is 0 Å². The summed E-state index contributed by atoms with van der Waals surface area (Å²) in [5.41, 5.74) is -0.693. The molecule has 0 heterocycles. The van der Waals surface area contributed by atoms with Gasteiger partial charge < -0.3 is 9.47 Å². The normalized spacial score (nSPS) is 11.3. The first-order valence-electron chi connectivity index (χ1n) is 9.98. The van der Waals surface area contributed by atoms with Crippen LogP contribution in [0.3, 0.4) is 0 Å². The maximum atomic E-state index is 14.9. The van der Waals surface area contributed by atoms with Gasteiger partial charge in [0.15, 0.2) is 17.4 Å². The third-order valence-corrected chi connectivity index (χ3v) is 5.09. The quantitative estimate of drug-likeness (QED) is 0.262. The van der Waals surface area contributed by atoms with Gasteiger partial charge in [0.05, 0.1) is 12.2 Å². The van der Waals surface area contributed by atoms with Crippen LogP contribution in [0.25, 0.3) is 33.0 Å². The fourth-order valence-electron chi connectivity index (χ4n) is 3.65. The predicted molar refractivity (Wildman–Crippen MR) is 112 cm³/mol. The van der Waals surface area contributed by atoms with Gasteiger partial charge in [-0.1, -0.05) is 12.1 Å². The summed E-state index contributed by atoms with van der Waals surface area (Å²) >= 11 is 0. The van der Waals surface area contributed by atoms with Crippen molar-refractivity contribution in [2.75, 3.05) is 6.61 Å². The van der Waals surface area contributed by atoms with Gasteiger partial charge in [-0.25, -0.2) is 22.0 Å². The largest absolute Gasteiger partial charge is 0.494 e. The van der Waals surface area contributed by atoms with Crippen LogP contribution in [0.15, 0.2) is 54.6 Å². The fraction of sp³-hybridized carbons (Fsp3) is 0.120. The summed E-state index contributed by atoms with van der Waals surface area (Å²) in [5, 5.41) is -0.413. The molecule has 0 aliphatic rings. The highest BCUT2D eigenvalue weighted by Gasteiger charge is 2.21. The van der Waals surface area contributed by atoms with Gasteiger partial charge >= 0.3 is 6.61 Å². The molecular weight excluding hydrogens is 465 g/mol. The monoisotopic (exact) mass is 480 g/mol. The van der Waals surface area contributed by atoms with E-state index in [4.69, 9.17) is 4.74 Å². The first kappa shape index (κ1) is 23.4. The zero-order valence-corrected chi connectivity index (χ0v) is 17.4. The molecule has 2 nitrogen and oxygen atoms in total. The van der Waals surface area contributed by atoms with E-state index in [2.05, 4.69) is 4.74 Å². The number of benzene rings is 4. The first-order valence-corrected chi connectivity index (χ1v) is 9.98. The highest BCUT2D eigenvalue weighted by molar-refractivity contribution is 5.89. The van der Waals surface area contributed by atoms with Crippen molar-refractivity contribution in [2.45, 2.75) is 13.5 Å². The molecule has 9 heteroatoms. The summed E-state index contributed by atoms with van der Waals surface area (Å²) < 4.78 is 107. The standard InChI is InChI=1S/C25H15F7O2/c1-2-33-15-4-6-16(18(26)11-15)14-8-19(27)22(20(28)9-14)12-3-5-17-13(7-12)10-21(29)24(23(17)30)34-25(31)32/h3-11,25H,2H2,1H3. The molecule has 0 aliphatic heterocycles. The van der Waals surface area contributed by atoms with Crippen molar-refractivity contribution in [1.29, 1.82) is 0 Å². The Labute approximate surface area is 189 Å². The summed E-state index contributed by atoms with van der Waals surface area (Å²) in [6.45, 7) is -1.40. The molecule has 34 heavy (non-hydrogen) atoms. The highest BCUT2D eigenvalue weighted by atomic mass is 19.3. The lowest BCUT2D eigenvalue weighted by Crippen LogP contribution is -2.06. The highest BCUT2D eigenvalue weighted by Crippen LogP contribution is 2.37. The van der Waals surface area contributed by atoms with Gasteiger partial charge in [0.25, 0.3) is 0 Å². The van der Waals surface area contributed by atoms with E-state index in [0.29, 0.717) is 6.61 Å². The van der Waals surface area contributed by atoms with Crippen molar-refractivity contribution in [3.63, 3.8) is 0 Å². The van der Waals surface area contributed by atoms with Crippen molar-refractivity contribution in [1.82, 2.24) is 0 Å². The van der Waals surface area contributed by atoms with Gasteiger partial charge in [-0.2, -0.15) is 8.78 Å². The van der Waals surface area contributed by atoms with Crippen LogP contribution in [0.2, 0.25) is 0 Å². The minimum absolute atomic E-state index is 0.0537. The summed E-state index contributed by atoms with van der Waals surface area (Å²) in [5.74, 6) is -6.58. The molecule has 0 aliphatic carbocycles. The molecule has 0 amide bonds. The molecular formula is C25H15F7O2. The third kappa shape index (κ3) is 4.37. The van der Waals surface area contributed by atoms with Crippen molar-refractivity contribution >= 4 is 10.8 Å². The Morgan fingerprint density at radius 1 is 0.735 bits per heavy atom. The van der Waals surface area contributed by atoms with E-state index in [0.717, 1.165) is 42.5 Å². The summed E-state index contributed by atoms with van der Waals surface area (Å²) in [4.78, 5) is 0. The van der Waals surface area contributed by atoms with Crippen LogP contribution < -0.4 is 9.47 Å². The van der Waals surface area contributed by atoms with Crippen LogP contribution in [-0.4, -0.2) is 13.2 Å². The van der Waals surface area contributed by atoms with E-state index in [1.54, 1.807) is 6.92 Å². The topological polar surface area (TPSA) is 18.5 Å². The maximum Gasteiger partial charge on any atom is 0.387 e. The summed E-state index contributed by atoms with van der Waals surface area (Å²) in [6, 6.07) is 9.79. The molecule has 0 saturated heterocycles. The fourth-order valence-corrected chi connectivity index (χ4v) is 3.65. The average molecular weight is 480 g/mol. The Hall–Kier alpha value is -3.75. The number of alkyl halides is 2. The van der Waals surface area contributed by atoms with Gasteiger partial charge in [0.2, 0.25) is 0 Å². The molecule has 4 aromatic carbocycles. The number of fused-ring (bicyclic) bond motifs is 1. The Balaban J connectivity index is 1.77. The van der Waals surface area contributed by atoms with Gasteiger partial charge in [-0.05, 0) is 59.8 Å². The molecule has 0 spiro atoms. The molecule has 0 atom stereocenters. The molecule has 0 fully saturated rings. The maximum absolute atomic E-state index is 14.9. The molecule has 0 unspecified atom stereocenters. The summed E-state index contributed by atoms with van der Waals surface area (Å²) in [6.07, 6.45) is 0. The Kier molecular flexibility index (Phi) is 6.37. The molecule has 0 bridgehead atoms. The van der Waals surface area contributed by atoms with E-state index < -0.39 is 47.0 Å². The van der Waals surface area contributed by atoms with Crippen LogP contribution >= 0.6 is 0 Å². The molecule has 0 N–H and O–H groups in total. The number of hydrogen-bond donors (Lipinski definition) is 0.